The van der Waals surface area contributed by atoms with Gasteiger partial charge in [-0.1, -0.05) is 6.92 Å². The van der Waals surface area contributed by atoms with Crippen molar-refractivity contribution in [3.8, 4) is 0 Å². The van der Waals surface area contributed by atoms with E-state index in [1.165, 1.54) is 6.42 Å². The molecule has 2 saturated heterocycles. The number of aliphatic hydroxyl groups excluding tert-OH is 1. The molecule has 3 rings (SSSR count). The molecule has 0 bridgehead atoms. The maximum atomic E-state index is 10.2. The Hall–Kier alpha value is -0.160. The summed E-state index contributed by atoms with van der Waals surface area (Å²) < 4.78 is 11.6. The lowest BCUT2D eigenvalue weighted by molar-refractivity contribution is -0.204. The highest BCUT2D eigenvalue weighted by Crippen LogP contribution is 2.39. The minimum Gasteiger partial charge on any atom is -0.391 e. The Kier molecular flexibility index (Phi) is 3.15. The molecule has 17 heavy (non-hydrogen) atoms. The molecule has 1 saturated carbocycles. The summed E-state index contributed by atoms with van der Waals surface area (Å²) in [4.78, 5) is 2.43. The average molecular weight is 241 g/mol. The van der Waals surface area contributed by atoms with Crippen molar-refractivity contribution in [3.05, 3.63) is 0 Å². The average Bonchev–Trinajstić information content (AvgIpc) is 2.92. The lowest BCUT2D eigenvalue weighted by Crippen LogP contribution is -2.52. The molecule has 3 fully saturated rings. The van der Waals surface area contributed by atoms with Gasteiger partial charge < -0.3 is 14.6 Å². The SMILES string of the molecule is CC1CCN(C2CC3(CCC2O)OCCO3)C1. The maximum absolute atomic E-state index is 10.2. The number of likely N-dealkylation sites (tertiary alicyclic amines) is 1. The summed E-state index contributed by atoms with van der Waals surface area (Å²) >= 11 is 0. The van der Waals surface area contributed by atoms with Gasteiger partial charge in [-0.2, -0.15) is 0 Å². The van der Waals surface area contributed by atoms with Crippen LogP contribution >= 0.6 is 0 Å². The summed E-state index contributed by atoms with van der Waals surface area (Å²) in [6.45, 7) is 5.92. The van der Waals surface area contributed by atoms with Crippen molar-refractivity contribution in [2.75, 3.05) is 26.3 Å². The van der Waals surface area contributed by atoms with E-state index in [9.17, 15) is 5.11 Å². The normalized spacial score (nSPS) is 42.4. The summed E-state index contributed by atoms with van der Waals surface area (Å²) in [7, 11) is 0. The van der Waals surface area contributed by atoms with Crippen LogP contribution in [-0.2, 0) is 9.47 Å². The van der Waals surface area contributed by atoms with Crippen molar-refractivity contribution in [3.63, 3.8) is 0 Å². The summed E-state index contributed by atoms with van der Waals surface area (Å²) in [5.41, 5.74) is 0. The van der Waals surface area contributed by atoms with Crippen LogP contribution in [0.3, 0.4) is 0 Å². The first-order valence-electron chi connectivity index (χ1n) is 6.89. The van der Waals surface area contributed by atoms with Crippen LogP contribution < -0.4 is 0 Å². The third kappa shape index (κ3) is 2.24. The zero-order valence-corrected chi connectivity index (χ0v) is 10.6. The first kappa shape index (κ1) is 11.9. The first-order chi connectivity index (χ1) is 8.19. The van der Waals surface area contributed by atoms with Gasteiger partial charge in [-0.3, -0.25) is 4.90 Å². The Morgan fingerprint density at radius 2 is 2.00 bits per heavy atom. The smallest absolute Gasteiger partial charge is 0.170 e. The van der Waals surface area contributed by atoms with E-state index < -0.39 is 0 Å². The van der Waals surface area contributed by atoms with Gasteiger partial charge in [0.05, 0.1) is 19.3 Å². The number of aliphatic hydroxyl groups is 1. The van der Waals surface area contributed by atoms with Crippen molar-refractivity contribution in [1.82, 2.24) is 4.90 Å². The molecule has 0 aromatic rings. The standard InChI is InChI=1S/C13H23NO3/c1-10-3-5-14(9-10)11-8-13(4-2-12(11)15)16-6-7-17-13/h10-12,15H,2-9H2,1H3. The Labute approximate surface area is 103 Å². The molecule has 4 nitrogen and oxygen atoms in total. The molecule has 0 aromatic carbocycles. The molecule has 0 aromatic heterocycles. The lowest BCUT2D eigenvalue weighted by Gasteiger charge is -2.42. The van der Waals surface area contributed by atoms with Crippen LogP contribution in [-0.4, -0.2) is 54.2 Å². The summed E-state index contributed by atoms with van der Waals surface area (Å²) in [5, 5.41) is 10.2. The fourth-order valence-corrected chi connectivity index (χ4v) is 3.52. The van der Waals surface area contributed by atoms with Crippen molar-refractivity contribution in [2.45, 2.75) is 50.5 Å². The Morgan fingerprint density at radius 1 is 1.24 bits per heavy atom. The molecule has 3 unspecified atom stereocenters. The number of nitrogens with zero attached hydrogens (tertiary/aromatic N) is 1. The molecular weight excluding hydrogens is 218 g/mol. The van der Waals surface area contributed by atoms with Crippen LogP contribution in [0, 0.1) is 5.92 Å². The summed E-state index contributed by atoms with van der Waals surface area (Å²) in [6, 6.07) is 0.229. The van der Waals surface area contributed by atoms with Crippen molar-refractivity contribution >= 4 is 0 Å². The second-order valence-corrected chi connectivity index (χ2v) is 5.87. The Bertz CT molecular complexity index is 278. The van der Waals surface area contributed by atoms with E-state index in [-0.39, 0.29) is 17.9 Å². The molecule has 2 aliphatic heterocycles. The monoisotopic (exact) mass is 241 g/mol. The lowest BCUT2D eigenvalue weighted by atomic mass is 9.86. The van der Waals surface area contributed by atoms with Crippen molar-refractivity contribution in [1.29, 1.82) is 0 Å². The molecule has 2 heterocycles. The largest absolute Gasteiger partial charge is 0.391 e. The number of rotatable bonds is 1. The van der Waals surface area contributed by atoms with Crippen LogP contribution in [0.15, 0.2) is 0 Å². The second-order valence-electron chi connectivity index (χ2n) is 5.87. The van der Waals surface area contributed by atoms with E-state index >= 15 is 0 Å². The van der Waals surface area contributed by atoms with Crippen LogP contribution in [0.25, 0.3) is 0 Å². The highest BCUT2D eigenvalue weighted by atomic mass is 16.7. The third-order valence-corrected chi connectivity index (χ3v) is 4.52. The molecule has 0 amide bonds. The molecule has 3 atom stereocenters. The van der Waals surface area contributed by atoms with E-state index in [0.29, 0.717) is 13.2 Å². The van der Waals surface area contributed by atoms with Gasteiger partial charge in [0.25, 0.3) is 0 Å². The molecular formula is C13H23NO3. The maximum Gasteiger partial charge on any atom is 0.170 e. The van der Waals surface area contributed by atoms with E-state index in [0.717, 1.165) is 38.3 Å². The quantitative estimate of drug-likeness (QED) is 0.743. The van der Waals surface area contributed by atoms with Crippen LogP contribution in [0.5, 0.6) is 0 Å². The van der Waals surface area contributed by atoms with E-state index in [1.54, 1.807) is 0 Å². The zero-order valence-electron chi connectivity index (χ0n) is 10.6. The molecule has 98 valence electrons. The molecule has 1 spiro atoms. The minimum absolute atomic E-state index is 0.210. The molecule has 3 aliphatic rings. The van der Waals surface area contributed by atoms with E-state index in [4.69, 9.17) is 9.47 Å². The van der Waals surface area contributed by atoms with Gasteiger partial charge in [0.15, 0.2) is 5.79 Å². The molecule has 1 N–H and O–H groups in total. The molecule has 4 heteroatoms. The summed E-state index contributed by atoms with van der Waals surface area (Å²) in [6.07, 6.45) is 3.52. The third-order valence-electron chi connectivity index (χ3n) is 4.52. The van der Waals surface area contributed by atoms with Gasteiger partial charge in [0, 0.05) is 25.4 Å². The molecule has 1 aliphatic carbocycles. The van der Waals surface area contributed by atoms with Crippen molar-refractivity contribution < 1.29 is 14.6 Å². The van der Waals surface area contributed by atoms with Gasteiger partial charge >= 0.3 is 0 Å². The fourth-order valence-electron chi connectivity index (χ4n) is 3.52. The van der Waals surface area contributed by atoms with Crippen molar-refractivity contribution in [2.24, 2.45) is 5.92 Å². The number of hydrogen-bond donors (Lipinski definition) is 1. The number of hydrogen-bond acceptors (Lipinski definition) is 4. The Morgan fingerprint density at radius 3 is 2.65 bits per heavy atom. The van der Waals surface area contributed by atoms with Crippen LogP contribution in [0.4, 0.5) is 0 Å². The van der Waals surface area contributed by atoms with Crippen LogP contribution in [0.2, 0.25) is 0 Å². The van der Waals surface area contributed by atoms with Gasteiger partial charge in [0.1, 0.15) is 0 Å². The van der Waals surface area contributed by atoms with Gasteiger partial charge in [-0.15, -0.1) is 0 Å². The van der Waals surface area contributed by atoms with E-state index in [1.807, 2.05) is 0 Å². The van der Waals surface area contributed by atoms with Gasteiger partial charge in [-0.25, -0.2) is 0 Å². The predicted octanol–water partition coefficient (Wildman–Crippen LogP) is 0.985. The fraction of sp³-hybridized carbons (Fsp3) is 1.00. The number of ether oxygens (including phenoxy) is 2. The van der Waals surface area contributed by atoms with E-state index in [2.05, 4.69) is 11.8 Å². The highest BCUT2D eigenvalue weighted by molar-refractivity contribution is 4.94. The van der Waals surface area contributed by atoms with Gasteiger partial charge in [-0.05, 0) is 25.3 Å². The second kappa shape index (κ2) is 4.50. The van der Waals surface area contributed by atoms with Crippen LogP contribution in [0.1, 0.15) is 32.6 Å². The highest BCUT2D eigenvalue weighted by Gasteiger charge is 2.47. The Balaban J connectivity index is 1.69. The molecule has 0 radical (unpaired) electrons. The topological polar surface area (TPSA) is 41.9 Å². The first-order valence-corrected chi connectivity index (χ1v) is 6.89. The van der Waals surface area contributed by atoms with Gasteiger partial charge in [0.2, 0.25) is 0 Å². The minimum atomic E-state index is -0.379. The predicted molar refractivity (Wildman–Crippen MR) is 63.6 cm³/mol. The summed E-state index contributed by atoms with van der Waals surface area (Å²) in [5.74, 6) is 0.376. The zero-order chi connectivity index (χ0) is 11.9.